The molecule has 0 bridgehead atoms. The van der Waals surface area contributed by atoms with Gasteiger partial charge in [-0.3, -0.25) is 9.97 Å². The first kappa shape index (κ1) is 28.5. The van der Waals surface area contributed by atoms with Gasteiger partial charge in [0.05, 0.1) is 16.8 Å². The van der Waals surface area contributed by atoms with E-state index in [1.807, 2.05) is 30.3 Å². The number of aromatic hydroxyl groups is 1. The van der Waals surface area contributed by atoms with E-state index in [1.54, 1.807) is 23.7 Å². The topological polar surface area (TPSA) is 58.9 Å². The molecule has 6 heteroatoms. The molecule has 3 heterocycles. The quantitative estimate of drug-likeness (QED) is 0.181. The third-order valence-corrected chi connectivity index (χ3v) is 9.78. The van der Waals surface area contributed by atoms with E-state index >= 15 is 0 Å². The molecular formula is C40H24N3OPtS-. The van der Waals surface area contributed by atoms with E-state index in [9.17, 15) is 5.11 Å². The maximum atomic E-state index is 10.8. The number of benzene rings is 5. The van der Waals surface area contributed by atoms with Crippen LogP contribution in [0, 0.1) is 6.07 Å². The summed E-state index contributed by atoms with van der Waals surface area (Å²) in [5.41, 5.74) is 8.91. The third kappa shape index (κ3) is 4.12. The molecular weight excluding hydrogens is 766 g/mol. The van der Waals surface area contributed by atoms with Crippen LogP contribution in [0.5, 0.6) is 5.75 Å². The molecule has 0 saturated heterocycles. The number of para-hydroxylation sites is 1. The summed E-state index contributed by atoms with van der Waals surface area (Å²) in [6.45, 7) is 0. The number of thiophene rings is 1. The van der Waals surface area contributed by atoms with Gasteiger partial charge >= 0.3 is 0 Å². The van der Waals surface area contributed by atoms with Crippen LogP contribution in [0.2, 0.25) is 0 Å². The average Bonchev–Trinajstić information content (AvgIpc) is 3.70. The van der Waals surface area contributed by atoms with Crippen molar-refractivity contribution in [2.24, 2.45) is 0 Å². The molecule has 46 heavy (non-hydrogen) atoms. The average molecular weight is 790 g/mol. The zero-order valence-electron chi connectivity index (χ0n) is 24.3. The Balaban J connectivity index is 0.00000312. The molecule has 1 atom stereocenters. The van der Waals surface area contributed by atoms with E-state index < -0.39 is 5.41 Å². The van der Waals surface area contributed by atoms with Crippen molar-refractivity contribution in [3.05, 3.63) is 168 Å². The maximum absolute atomic E-state index is 10.8. The molecule has 3 aromatic heterocycles. The Morgan fingerprint density at radius 2 is 1.46 bits per heavy atom. The number of phenolic OH excluding ortho intramolecular Hbond substituents is 1. The van der Waals surface area contributed by atoms with E-state index in [4.69, 9.17) is 9.97 Å². The predicted octanol–water partition coefficient (Wildman–Crippen LogP) is 9.44. The van der Waals surface area contributed by atoms with Crippen LogP contribution in [0.3, 0.4) is 0 Å². The largest absolute Gasteiger partial charge is 0.507 e. The first-order chi connectivity index (χ1) is 22.2. The van der Waals surface area contributed by atoms with Gasteiger partial charge in [0.2, 0.25) is 0 Å². The van der Waals surface area contributed by atoms with Crippen LogP contribution in [0.15, 0.2) is 139 Å². The fraction of sp³-hybridized carbons (Fsp3) is 0.0250. The molecule has 9 rings (SSSR count). The Morgan fingerprint density at radius 3 is 2.37 bits per heavy atom. The summed E-state index contributed by atoms with van der Waals surface area (Å²) in [5.74, 6) is 0.200. The van der Waals surface area contributed by atoms with Gasteiger partial charge in [0.1, 0.15) is 16.9 Å². The molecule has 0 radical (unpaired) electrons. The fourth-order valence-corrected chi connectivity index (χ4v) is 7.80. The number of nitrogens with zero attached hydrogens (tertiary/aromatic N) is 3. The summed E-state index contributed by atoms with van der Waals surface area (Å²) in [6, 6.07) is 47.4. The molecule has 5 aromatic carbocycles. The van der Waals surface area contributed by atoms with Crippen LogP contribution in [0.1, 0.15) is 22.4 Å². The molecule has 1 aliphatic carbocycles. The molecule has 4 nitrogen and oxygen atoms in total. The predicted molar refractivity (Wildman–Crippen MR) is 181 cm³/mol. The van der Waals surface area contributed by atoms with Crippen molar-refractivity contribution >= 4 is 32.3 Å². The van der Waals surface area contributed by atoms with Gasteiger partial charge in [0.25, 0.3) is 0 Å². The molecule has 0 amide bonds. The summed E-state index contributed by atoms with van der Waals surface area (Å²) in [5, 5.41) is 16.3. The van der Waals surface area contributed by atoms with Crippen molar-refractivity contribution in [3.8, 4) is 39.4 Å². The van der Waals surface area contributed by atoms with Gasteiger partial charge in [-0.2, -0.15) is 0 Å². The van der Waals surface area contributed by atoms with Crippen molar-refractivity contribution < 1.29 is 26.2 Å². The first-order valence-electron chi connectivity index (χ1n) is 14.8. The summed E-state index contributed by atoms with van der Waals surface area (Å²) < 4.78 is 0. The minimum atomic E-state index is -0.785. The number of pyridine rings is 1. The van der Waals surface area contributed by atoms with Crippen molar-refractivity contribution in [2.75, 3.05) is 0 Å². The van der Waals surface area contributed by atoms with Gasteiger partial charge in [-0.15, -0.1) is 46.7 Å². The fourth-order valence-electron chi connectivity index (χ4n) is 7.07. The van der Waals surface area contributed by atoms with Gasteiger partial charge in [-0.25, -0.2) is 4.98 Å². The summed E-state index contributed by atoms with van der Waals surface area (Å²) >= 11 is 1.61. The van der Waals surface area contributed by atoms with E-state index in [0.29, 0.717) is 11.3 Å². The third-order valence-electron chi connectivity index (χ3n) is 8.96. The standard InChI is InChI=1S/C40H24N3OS.Pt/c44-35-17-6-4-14-30(35)34-16-8-18-36(43-34)40(27-11-7-10-26(23-27)38-31-21-22-45-39(31)42-24-41-38)32-15-5-3-13-29(32)37-28-12-2-1-9-25(28)19-20-33(37)40;/h1-22,24,44H;/q-1;. The van der Waals surface area contributed by atoms with E-state index in [-0.39, 0.29) is 26.8 Å². The molecule has 1 N–H and O–H groups in total. The number of hydrogen-bond donors (Lipinski definition) is 1. The Kier molecular flexibility index (Phi) is 6.90. The minimum absolute atomic E-state index is 0. The number of hydrogen-bond acceptors (Lipinski definition) is 5. The Bertz CT molecular complexity index is 2440. The second-order valence-corrected chi connectivity index (χ2v) is 12.2. The monoisotopic (exact) mass is 789 g/mol. The molecule has 0 spiro atoms. The first-order valence-corrected chi connectivity index (χ1v) is 15.7. The molecule has 222 valence electrons. The van der Waals surface area contributed by atoms with Crippen molar-refractivity contribution in [1.82, 2.24) is 15.0 Å². The smallest absolute Gasteiger partial charge is 0.124 e. The van der Waals surface area contributed by atoms with E-state index in [2.05, 4.69) is 107 Å². The van der Waals surface area contributed by atoms with Crippen LogP contribution in [0.4, 0.5) is 0 Å². The van der Waals surface area contributed by atoms with E-state index in [1.165, 1.54) is 21.9 Å². The van der Waals surface area contributed by atoms with Crippen molar-refractivity contribution in [3.63, 3.8) is 0 Å². The van der Waals surface area contributed by atoms with Gasteiger partial charge in [0, 0.05) is 26.6 Å². The number of aromatic nitrogens is 3. The molecule has 0 saturated carbocycles. The second kappa shape index (κ2) is 11.1. The van der Waals surface area contributed by atoms with Gasteiger partial charge in [0.15, 0.2) is 0 Å². The number of phenols is 1. The van der Waals surface area contributed by atoms with Crippen molar-refractivity contribution in [1.29, 1.82) is 0 Å². The summed E-state index contributed by atoms with van der Waals surface area (Å²) in [6.07, 6.45) is 1.63. The van der Waals surface area contributed by atoms with Crippen LogP contribution < -0.4 is 0 Å². The molecule has 1 unspecified atom stereocenters. The van der Waals surface area contributed by atoms with Crippen LogP contribution in [-0.2, 0) is 26.5 Å². The van der Waals surface area contributed by atoms with Crippen LogP contribution in [0.25, 0.3) is 54.6 Å². The molecule has 0 fully saturated rings. The Hall–Kier alpha value is -4.96. The molecule has 8 aromatic rings. The summed E-state index contributed by atoms with van der Waals surface area (Å²) in [7, 11) is 0. The normalized spacial score (nSPS) is 15.0. The Labute approximate surface area is 284 Å². The molecule has 0 aliphatic heterocycles. The van der Waals surface area contributed by atoms with Gasteiger partial charge in [-0.1, -0.05) is 78.9 Å². The van der Waals surface area contributed by atoms with Gasteiger partial charge < -0.3 is 5.11 Å². The summed E-state index contributed by atoms with van der Waals surface area (Å²) in [4.78, 5) is 15.5. The second-order valence-electron chi connectivity index (χ2n) is 11.3. The minimum Gasteiger partial charge on any atom is -0.507 e. The van der Waals surface area contributed by atoms with E-state index in [0.717, 1.165) is 43.9 Å². The Morgan fingerprint density at radius 1 is 0.652 bits per heavy atom. The zero-order valence-corrected chi connectivity index (χ0v) is 27.4. The number of fused-ring (bicyclic) bond motifs is 6. The van der Waals surface area contributed by atoms with Crippen LogP contribution >= 0.6 is 11.3 Å². The molecule has 1 aliphatic rings. The number of rotatable bonds is 4. The van der Waals surface area contributed by atoms with Crippen LogP contribution in [-0.4, -0.2) is 20.1 Å². The maximum Gasteiger partial charge on any atom is 0.124 e. The SMILES string of the molecule is Oc1ccccc1-c1cccc(C2(c3[c-]c(-c4ncnc5sccc45)ccc3)c3ccccc3-c3c2ccc2ccccc32)n1.[Pt]. The van der Waals surface area contributed by atoms with Crippen molar-refractivity contribution in [2.45, 2.75) is 5.41 Å². The zero-order chi connectivity index (χ0) is 30.0. The van der Waals surface area contributed by atoms with Gasteiger partial charge in [-0.05, 0) is 79.8 Å².